The Morgan fingerprint density at radius 3 is 2.81 bits per heavy atom. The van der Waals surface area contributed by atoms with E-state index in [0.717, 1.165) is 0 Å². The van der Waals surface area contributed by atoms with Gasteiger partial charge in [-0.05, 0) is 18.7 Å². The van der Waals surface area contributed by atoms with Crippen molar-refractivity contribution in [2.75, 3.05) is 19.2 Å². The summed E-state index contributed by atoms with van der Waals surface area (Å²) < 4.78 is 33.9. The molecule has 0 aromatic heterocycles. The van der Waals surface area contributed by atoms with E-state index in [9.17, 15) is 8.42 Å². The van der Waals surface area contributed by atoms with Gasteiger partial charge in [-0.25, -0.2) is 8.42 Å². The van der Waals surface area contributed by atoms with Crippen LogP contribution in [-0.4, -0.2) is 27.6 Å². The van der Waals surface area contributed by atoms with Gasteiger partial charge in [0.1, 0.15) is 5.88 Å². The molecule has 1 aliphatic heterocycles. The fourth-order valence-electron chi connectivity index (χ4n) is 1.39. The number of fused-ring (bicyclic) bond motifs is 1. The zero-order chi connectivity index (χ0) is 11.6. The average molecular weight is 243 g/mol. The SMILES string of the molecule is CCNCS(=O)(=O)c1ccc2c(c1)OCO2. The monoisotopic (exact) mass is 243 g/mol. The minimum atomic E-state index is -3.29. The van der Waals surface area contributed by atoms with Crippen LogP contribution in [0.5, 0.6) is 11.5 Å². The van der Waals surface area contributed by atoms with Crippen LogP contribution in [0.3, 0.4) is 0 Å². The van der Waals surface area contributed by atoms with Gasteiger partial charge in [0.25, 0.3) is 0 Å². The molecule has 1 aliphatic rings. The molecule has 0 atom stereocenters. The van der Waals surface area contributed by atoms with Crippen molar-refractivity contribution in [1.29, 1.82) is 0 Å². The van der Waals surface area contributed by atoms with E-state index >= 15 is 0 Å². The van der Waals surface area contributed by atoms with E-state index in [1.165, 1.54) is 12.1 Å². The summed E-state index contributed by atoms with van der Waals surface area (Å²) in [5.41, 5.74) is 0. The van der Waals surface area contributed by atoms with Crippen LogP contribution in [0.2, 0.25) is 0 Å². The summed E-state index contributed by atoms with van der Waals surface area (Å²) in [7, 11) is -3.29. The molecule has 0 fully saturated rings. The number of hydrogen-bond acceptors (Lipinski definition) is 5. The van der Waals surface area contributed by atoms with Crippen molar-refractivity contribution in [3.8, 4) is 11.5 Å². The second-order valence-corrected chi connectivity index (χ2v) is 5.37. The molecular formula is C10H13NO4S. The Morgan fingerprint density at radius 1 is 1.31 bits per heavy atom. The van der Waals surface area contributed by atoms with Gasteiger partial charge < -0.3 is 14.8 Å². The third-order valence-corrected chi connectivity index (χ3v) is 3.80. The molecule has 1 heterocycles. The molecule has 6 heteroatoms. The maximum Gasteiger partial charge on any atom is 0.231 e. The molecule has 0 unspecified atom stereocenters. The van der Waals surface area contributed by atoms with Gasteiger partial charge in [-0.3, -0.25) is 0 Å². The summed E-state index contributed by atoms with van der Waals surface area (Å²) in [4.78, 5) is 0.248. The van der Waals surface area contributed by atoms with E-state index in [1.807, 2.05) is 6.92 Å². The topological polar surface area (TPSA) is 64.6 Å². The third kappa shape index (κ3) is 2.12. The molecule has 0 amide bonds. The summed E-state index contributed by atoms with van der Waals surface area (Å²) in [6.07, 6.45) is 0. The van der Waals surface area contributed by atoms with Crippen LogP contribution >= 0.6 is 0 Å². The average Bonchev–Trinajstić information content (AvgIpc) is 2.73. The normalized spacial score (nSPS) is 14.1. The number of sulfone groups is 1. The summed E-state index contributed by atoms with van der Waals surface area (Å²) in [6, 6.07) is 4.64. The zero-order valence-electron chi connectivity index (χ0n) is 8.89. The Balaban J connectivity index is 2.27. The van der Waals surface area contributed by atoms with E-state index in [1.54, 1.807) is 6.07 Å². The van der Waals surface area contributed by atoms with Crippen LogP contribution in [-0.2, 0) is 9.84 Å². The van der Waals surface area contributed by atoms with Crippen molar-refractivity contribution in [3.63, 3.8) is 0 Å². The van der Waals surface area contributed by atoms with Crippen molar-refractivity contribution in [2.45, 2.75) is 11.8 Å². The summed E-state index contributed by atoms with van der Waals surface area (Å²) >= 11 is 0. The lowest BCUT2D eigenvalue weighted by molar-refractivity contribution is 0.174. The summed E-state index contributed by atoms with van der Waals surface area (Å²) in [6.45, 7) is 2.62. The van der Waals surface area contributed by atoms with Crippen LogP contribution in [0.1, 0.15) is 6.92 Å². The predicted molar refractivity (Wildman–Crippen MR) is 58.3 cm³/mol. The second kappa shape index (κ2) is 4.31. The first-order valence-corrected chi connectivity index (χ1v) is 6.62. The van der Waals surface area contributed by atoms with Gasteiger partial charge in [0, 0.05) is 6.07 Å². The van der Waals surface area contributed by atoms with Crippen molar-refractivity contribution in [1.82, 2.24) is 5.32 Å². The van der Waals surface area contributed by atoms with E-state index in [4.69, 9.17) is 9.47 Å². The minimum Gasteiger partial charge on any atom is -0.454 e. The van der Waals surface area contributed by atoms with Crippen molar-refractivity contribution in [2.24, 2.45) is 0 Å². The molecular weight excluding hydrogens is 230 g/mol. The van der Waals surface area contributed by atoms with Crippen molar-refractivity contribution >= 4 is 9.84 Å². The molecule has 0 saturated heterocycles. The quantitative estimate of drug-likeness (QED) is 0.845. The molecule has 1 aromatic carbocycles. The predicted octanol–water partition coefficient (Wildman–Crippen LogP) is 0.756. The number of benzene rings is 1. The van der Waals surface area contributed by atoms with Gasteiger partial charge in [-0.15, -0.1) is 0 Å². The molecule has 16 heavy (non-hydrogen) atoms. The molecule has 1 N–H and O–H groups in total. The fourth-order valence-corrected chi connectivity index (χ4v) is 2.59. The molecule has 0 saturated carbocycles. The van der Waals surface area contributed by atoms with E-state index in [0.29, 0.717) is 18.0 Å². The third-order valence-electron chi connectivity index (χ3n) is 2.25. The Morgan fingerprint density at radius 2 is 2.06 bits per heavy atom. The molecule has 1 aromatic rings. The molecule has 5 nitrogen and oxygen atoms in total. The lowest BCUT2D eigenvalue weighted by Gasteiger charge is -2.05. The van der Waals surface area contributed by atoms with Crippen LogP contribution < -0.4 is 14.8 Å². The fraction of sp³-hybridized carbons (Fsp3) is 0.400. The van der Waals surface area contributed by atoms with Gasteiger partial charge >= 0.3 is 0 Å². The second-order valence-electron chi connectivity index (χ2n) is 3.38. The van der Waals surface area contributed by atoms with Gasteiger partial charge in [-0.1, -0.05) is 6.92 Å². The van der Waals surface area contributed by atoms with Crippen molar-refractivity contribution < 1.29 is 17.9 Å². The highest BCUT2D eigenvalue weighted by Crippen LogP contribution is 2.33. The van der Waals surface area contributed by atoms with Crippen LogP contribution in [0.4, 0.5) is 0 Å². The highest BCUT2D eigenvalue weighted by molar-refractivity contribution is 7.91. The van der Waals surface area contributed by atoms with Crippen LogP contribution in [0.25, 0.3) is 0 Å². The largest absolute Gasteiger partial charge is 0.454 e. The standard InChI is InChI=1S/C10H13NO4S/c1-2-11-6-16(12,13)8-3-4-9-10(5-8)15-7-14-9/h3-5,11H,2,6-7H2,1H3. The van der Waals surface area contributed by atoms with Gasteiger partial charge in [0.2, 0.25) is 6.79 Å². The molecule has 0 bridgehead atoms. The van der Waals surface area contributed by atoms with Gasteiger partial charge in [0.15, 0.2) is 21.3 Å². The van der Waals surface area contributed by atoms with Crippen molar-refractivity contribution in [3.05, 3.63) is 18.2 Å². The maximum absolute atomic E-state index is 11.8. The smallest absolute Gasteiger partial charge is 0.231 e. The lowest BCUT2D eigenvalue weighted by Crippen LogP contribution is -2.22. The van der Waals surface area contributed by atoms with Gasteiger partial charge in [-0.2, -0.15) is 0 Å². The summed E-state index contributed by atoms with van der Waals surface area (Å²) in [5.74, 6) is 1.00. The Labute approximate surface area is 94.3 Å². The molecule has 0 radical (unpaired) electrons. The number of rotatable bonds is 4. The minimum absolute atomic E-state index is 0.0663. The lowest BCUT2D eigenvalue weighted by atomic mass is 10.3. The maximum atomic E-state index is 11.8. The van der Waals surface area contributed by atoms with E-state index in [-0.39, 0.29) is 17.6 Å². The zero-order valence-corrected chi connectivity index (χ0v) is 9.71. The first-order valence-electron chi connectivity index (χ1n) is 4.96. The highest BCUT2D eigenvalue weighted by atomic mass is 32.2. The molecule has 88 valence electrons. The van der Waals surface area contributed by atoms with E-state index < -0.39 is 9.84 Å². The van der Waals surface area contributed by atoms with Crippen LogP contribution in [0, 0.1) is 0 Å². The molecule has 2 rings (SSSR count). The number of nitrogens with one attached hydrogen (secondary N) is 1. The first-order chi connectivity index (χ1) is 7.63. The van der Waals surface area contributed by atoms with Gasteiger partial charge in [0.05, 0.1) is 4.90 Å². The Bertz CT molecular complexity index is 484. The summed E-state index contributed by atoms with van der Waals surface area (Å²) in [5, 5.41) is 2.79. The van der Waals surface area contributed by atoms with Crippen LogP contribution in [0.15, 0.2) is 23.1 Å². The number of hydrogen-bond donors (Lipinski definition) is 1. The molecule has 0 aliphatic carbocycles. The number of ether oxygens (including phenoxy) is 2. The first kappa shape index (κ1) is 11.2. The molecule has 0 spiro atoms. The Hall–Kier alpha value is -1.27. The van der Waals surface area contributed by atoms with E-state index in [2.05, 4.69) is 5.32 Å². The highest BCUT2D eigenvalue weighted by Gasteiger charge is 2.19. The Kier molecular flexibility index (Phi) is 3.02.